The van der Waals surface area contributed by atoms with Crippen molar-refractivity contribution < 1.29 is 19.8 Å². The molecule has 0 saturated carbocycles. The van der Waals surface area contributed by atoms with Gasteiger partial charge in [-0.1, -0.05) is 0 Å². The largest absolute Gasteiger partial charge is 0.481 e. The van der Waals surface area contributed by atoms with Crippen LogP contribution < -0.4 is 11.3 Å². The topological polar surface area (TPSA) is 133 Å². The zero-order valence-corrected chi connectivity index (χ0v) is 10.00. The molecule has 1 aromatic carbocycles. The number of carboxylic acids is 2. The zero-order valence-electron chi connectivity index (χ0n) is 10.00. The third-order valence-electron chi connectivity index (χ3n) is 2.39. The maximum Gasteiger partial charge on any atom is 0.320 e. The first-order valence-electron chi connectivity index (χ1n) is 5.51. The molecule has 0 unspecified atom stereocenters. The number of nitrogens with one attached hydrogen (secondary N) is 1. The van der Waals surface area contributed by atoms with Crippen LogP contribution in [0.4, 0.5) is 0 Å². The third-order valence-corrected chi connectivity index (χ3v) is 2.39. The summed E-state index contributed by atoms with van der Waals surface area (Å²) in [5.74, 6) is -2.20. The Morgan fingerprint density at radius 2 is 1.79 bits per heavy atom. The quantitative estimate of drug-likeness (QED) is 0.626. The minimum absolute atomic E-state index is 0.00926. The van der Waals surface area contributed by atoms with E-state index in [0.29, 0.717) is 0 Å². The van der Waals surface area contributed by atoms with Gasteiger partial charge >= 0.3 is 11.9 Å². The molecule has 0 aliphatic carbocycles. The fourth-order valence-corrected chi connectivity index (χ4v) is 1.31. The van der Waals surface area contributed by atoms with E-state index in [1.807, 2.05) is 24.3 Å². The first-order valence-corrected chi connectivity index (χ1v) is 5.51. The second-order valence-corrected chi connectivity index (χ2v) is 3.91. The van der Waals surface area contributed by atoms with Crippen molar-refractivity contribution in [3.63, 3.8) is 0 Å². The van der Waals surface area contributed by atoms with Crippen LogP contribution in [0.15, 0.2) is 29.1 Å². The molecule has 1 atom stereocenters. The fraction of sp³-hybridized carbons (Fsp3) is 0.250. The van der Waals surface area contributed by atoms with Gasteiger partial charge in [-0.25, -0.2) is 0 Å². The molecule has 0 spiro atoms. The van der Waals surface area contributed by atoms with E-state index in [0.717, 1.165) is 10.9 Å². The van der Waals surface area contributed by atoms with E-state index in [1.54, 1.807) is 0 Å². The second-order valence-electron chi connectivity index (χ2n) is 3.91. The maximum atomic E-state index is 10.8. The number of hydrogen-bond donors (Lipinski definition) is 4. The highest BCUT2D eigenvalue weighted by molar-refractivity contribution is 5.74. The van der Waals surface area contributed by atoms with Gasteiger partial charge in [0.05, 0.1) is 0 Å². The first-order chi connectivity index (χ1) is 8.90. The molecule has 0 amide bonds. The number of fused-ring (bicyclic) bond motifs is 3. The summed E-state index contributed by atoms with van der Waals surface area (Å²) in [7, 11) is 0. The third kappa shape index (κ3) is 4.76. The molecule has 0 fully saturated rings. The van der Waals surface area contributed by atoms with E-state index in [2.05, 4.69) is 4.98 Å². The molecule has 5 N–H and O–H groups in total. The highest BCUT2D eigenvalue weighted by Gasteiger charge is 2.12. The standard InChI is InChI=1S/C7H5NO.C5H9NO4/c9-7-5-1-3-6(8-7)4-2-5;6-3(5(9)10)1-2-4(7)8/h1-4H,(H,8,9);3H,1-2,6H2,(H,7,8)(H,9,10)/t;3-/m.0/s1. The van der Waals surface area contributed by atoms with E-state index >= 15 is 0 Å². The van der Waals surface area contributed by atoms with Gasteiger partial charge < -0.3 is 20.9 Å². The van der Waals surface area contributed by atoms with Gasteiger partial charge in [0.1, 0.15) is 6.04 Å². The minimum atomic E-state index is -1.17. The number of rotatable bonds is 4. The van der Waals surface area contributed by atoms with Gasteiger partial charge in [0.2, 0.25) is 0 Å². The highest BCUT2D eigenvalue weighted by atomic mass is 16.4. The molecule has 7 heteroatoms. The van der Waals surface area contributed by atoms with Gasteiger partial charge in [-0.15, -0.1) is 0 Å². The highest BCUT2D eigenvalue weighted by Crippen LogP contribution is 2.01. The van der Waals surface area contributed by atoms with Crippen LogP contribution in [0.5, 0.6) is 0 Å². The maximum absolute atomic E-state index is 10.8. The van der Waals surface area contributed by atoms with Crippen molar-refractivity contribution in [3.8, 4) is 0 Å². The number of aromatic amines is 1. The summed E-state index contributed by atoms with van der Waals surface area (Å²) < 4.78 is 0. The zero-order chi connectivity index (χ0) is 14.4. The summed E-state index contributed by atoms with van der Waals surface area (Å²) in [6.07, 6.45) is -0.224. The van der Waals surface area contributed by atoms with E-state index in [4.69, 9.17) is 15.9 Å². The summed E-state index contributed by atoms with van der Waals surface area (Å²) in [5.41, 5.74) is 5.90. The first kappa shape index (κ1) is 14.7. The fourth-order valence-electron chi connectivity index (χ4n) is 1.31. The van der Waals surface area contributed by atoms with Crippen molar-refractivity contribution in [1.29, 1.82) is 0 Å². The average Bonchev–Trinajstić information content (AvgIpc) is 2.37. The van der Waals surface area contributed by atoms with E-state index in [1.165, 1.54) is 0 Å². The molecule has 0 aliphatic heterocycles. The Hall–Kier alpha value is -2.41. The second kappa shape index (κ2) is 6.50. The van der Waals surface area contributed by atoms with Crippen LogP contribution in [-0.2, 0) is 9.59 Å². The number of nitrogens with two attached hydrogens (primary N) is 1. The Balaban J connectivity index is 0.000000190. The average molecular weight is 266 g/mol. The van der Waals surface area contributed by atoms with E-state index in [-0.39, 0.29) is 18.4 Å². The van der Waals surface area contributed by atoms with Crippen LogP contribution in [0.2, 0.25) is 0 Å². The molecule has 2 heterocycles. The van der Waals surface area contributed by atoms with Crippen LogP contribution in [0, 0.1) is 0 Å². The summed E-state index contributed by atoms with van der Waals surface area (Å²) in [4.78, 5) is 33.3. The van der Waals surface area contributed by atoms with Gasteiger partial charge in [-0.3, -0.25) is 14.4 Å². The molecule has 19 heavy (non-hydrogen) atoms. The molecule has 2 aromatic heterocycles. The lowest BCUT2D eigenvalue weighted by Gasteiger charge is -2.01. The molecule has 0 saturated heterocycles. The molecular formula is C12H14N2O5. The molecule has 3 rings (SSSR count). The van der Waals surface area contributed by atoms with Crippen LogP contribution in [-0.4, -0.2) is 33.2 Å². The number of benzene rings is 1. The molecule has 0 radical (unpaired) electrons. The SMILES string of the molecule is N[C@@H](CCC(=O)O)C(=O)O.O=c1[nH]c2ccc1cc2. The number of pyridine rings is 2. The molecule has 7 nitrogen and oxygen atoms in total. The number of hydrogen-bond acceptors (Lipinski definition) is 4. The summed E-state index contributed by atoms with van der Waals surface area (Å²) >= 11 is 0. The van der Waals surface area contributed by atoms with Crippen molar-refractivity contribution in [2.24, 2.45) is 5.73 Å². The molecule has 0 aliphatic rings. The number of carboxylic acid groups (broad SMARTS) is 2. The molecule has 102 valence electrons. The normalized spacial score (nSPS) is 11.6. The monoisotopic (exact) mass is 266 g/mol. The number of aliphatic carboxylic acids is 2. The summed E-state index contributed by atoms with van der Waals surface area (Å²) in [6, 6.07) is 6.34. The van der Waals surface area contributed by atoms with E-state index in [9.17, 15) is 14.4 Å². The Morgan fingerprint density at radius 1 is 1.21 bits per heavy atom. The van der Waals surface area contributed by atoms with Gasteiger partial charge in [-0.05, 0) is 30.7 Å². The smallest absolute Gasteiger partial charge is 0.320 e. The van der Waals surface area contributed by atoms with Crippen LogP contribution in [0.1, 0.15) is 12.8 Å². The molecule has 2 bridgehead atoms. The van der Waals surface area contributed by atoms with Crippen LogP contribution in [0.25, 0.3) is 10.9 Å². The van der Waals surface area contributed by atoms with E-state index < -0.39 is 18.0 Å². The lowest BCUT2D eigenvalue weighted by molar-refractivity contribution is -0.139. The Kier molecular flexibility index (Phi) is 5.01. The predicted octanol–water partition coefficient (Wildman–Crippen LogP) is 0.229. The van der Waals surface area contributed by atoms with Gasteiger partial charge in [0.15, 0.2) is 0 Å². The van der Waals surface area contributed by atoms with Gasteiger partial charge in [-0.2, -0.15) is 0 Å². The summed E-state index contributed by atoms with van der Waals surface area (Å²) in [5, 5.41) is 17.0. The minimum Gasteiger partial charge on any atom is -0.481 e. The van der Waals surface area contributed by atoms with Crippen molar-refractivity contribution in [2.75, 3.05) is 0 Å². The van der Waals surface area contributed by atoms with Crippen LogP contribution >= 0.6 is 0 Å². The van der Waals surface area contributed by atoms with Crippen LogP contribution in [0.3, 0.4) is 0 Å². The van der Waals surface area contributed by atoms with Crippen molar-refractivity contribution in [3.05, 3.63) is 34.6 Å². The predicted molar refractivity (Wildman–Crippen MR) is 68.2 cm³/mol. The lowest BCUT2D eigenvalue weighted by Crippen LogP contribution is -2.30. The Morgan fingerprint density at radius 3 is 2.05 bits per heavy atom. The Labute approximate surface area is 108 Å². The van der Waals surface area contributed by atoms with Gasteiger partial charge in [0, 0.05) is 17.3 Å². The number of carbonyl (C=O) groups is 2. The van der Waals surface area contributed by atoms with Gasteiger partial charge in [0.25, 0.3) is 5.56 Å². The van der Waals surface area contributed by atoms with Crippen molar-refractivity contribution in [2.45, 2.75) is 18.9 Å². The molecular weight excluding hydrogens is 252 g/mol. The summed E-state index contributed by atoms with van der Waals surface area (Å²) in [6.45, 7) is 0. The van der Waals surface area contributed by atoms with Crippen molar-refractivity contribution in [1.82, 2.24) is 4.98 Å². The number of aromatic nitrogens is 1. The molecule has 3 aromatic rings. The Bertz CT molecular complexity index is 586. The lowest BCUT2D eigenvalue weighted by atomic mass is 10.2. The number of H-pyrrole nitrogens is 1. The van der Waals surface area contributed by atoms with Crippen molar-refractivity contribution >= 4 is 22.8 Å².